The molecule has 0 fully saturated rings. The average Bonchev–Trinajstić information content (AvgIpc) is 2.41. The zero-order valence-corrected chi connectivity index (χ0v) is 10.4. The molecule has 0 aliphatic carbocycles. The first-order valence-corrected chi connectivity index (χ1v) is 5.63. The van der Waals surface area contributed by atoms with Crippen LogP contribution in [0.3, 0.4) is 0 Å². The Morgan fingerprint density at radius 3 is 2.61 bits per heavy atom. The highest BCUT2D eigenvalue weighted by Crippen LogP contribution is 2.14. The van der Waals surface area contributed by atoms with Crippen molar-refractivity contribution in [1.29, 1.82) is 0 Å². The van der Waals surface area contributed by atoms with Gasteiger partial charge in [0.15, 0.2) is 0 Å². The Hall–Kier alpha value is -2.14. The number of nitrogens with one attached hydrogen (secondary N) is 2. The number of carbonyl (C=O) groups excluding carboxylic acids is 1. The normalized spacial score (nSPS) is 9.89. The Balaban J connectivity index is 2.14. The van der Waals surface area contributed by atoms with E-state index in [0.29, 0.717) is 16.5 Å². The fourth-order valence-corrected chi connectivity index (χ4v) is 1.45. The van der Waals surface area contributed by atoms with Gasteiger partial charge in [-0.15, -0.1) is 0 Å². The summed E-state index contributed by atoms with van der Waals surface area (Å²) in [5.41, 5.74) is 0.901. The molecule has 0 bridgehead atoms. The summed E-state index contributed by atoms with van der Waals surface area (Å²) in [6.07, 6.45) is 2.95. The number of anilines is 2. The van der Waals surface area contributed by atoms with Crippen molar-refractivity contribution in [3.63, 3.8) is 0 Å². The second-order valence-electron chi connectivity index (χ2n) is 3.50. The zero-order valence-electron chi connectivity index (χ0n) is 9.64. The molecule has 2 rings (SSSR count). The Morgan fingerprint density at radius 1 is 1.22 bits per heavy atom. The van der Waals surface area contributed by atoms with Crippen LogP contribution in [0.4, 0.5) is 11.5 Å². The lowest BCUT2D eigenvalue weighted by molar-refractivity contribution is 0.102. The number of benzene rings is 1. The number of hydrogen-bond donors (Lipinski definition) is 2. The molecule has 2 N–H and O–H groups in total. The van der Waals surface area contributed by atoms with Gasteiger partial charge in [-0.3, -0.25) is 9.78 Å². The molecule has 18 heavy (non-hydrogen) atoms. The van der Waals surface area contributed by atoms with Crippen molar-refractivity contribution in [1.82, 2.24) is 9.97 Å². The first-order chi connectivity index (χ1) is 8.69. The van der Waals surface area contributed by atoms with Crippen molar-refractivity contribution < 1.29 is 4.79 Å². The lowest BCUT2D eigenvalue weighted by Gasteiger charge is -2.05. The molecule has 2 aromatic rings. The zero-order chi connectivity index (χ0) is 13.0. The number of halogens is 1. The molecule has 0 radical (unpaired) electrons. The quantitative estimate of drug-likeness (QED) is 0.892. The predicted octanol–water partition coefficient (Wildman–Crippen LogP) is 2.42. The van der Waals surface area contributed by atoms with Gasteiger partial charge >= 0.3 is 0 Å². The minimum absolute atomic E-state index is 0.247. The van der Waals surface area contributed by atoms with Crippen LogP contribution in [0.2, 0.25) is 5.02 Å². The van der Waals surface area contributed by atoms with Crippen molar-refractivity contribution in [2.45, 2.75) is 0 Å². The van der Waals surface area contributed by atoms with Crippen LogP contribution in [-0.4, -0.2) is 22.9 Å². The molecule has 92 valence electrons. The maximum Gasteiger partial charge on any atom is 0.275 e. The smallest absolute Gasteiger partial charge is 0.275 e. The average molecular weight is 263 g/mol. The summed E-state index contributed by atoms with van der Waals surface area (Å²) >= 11 is 5.76. The van der Waals surface area contributed by atoms with Gasteiger partial charge in [0, 0.05) is 17.8 Å². The van der Waals surface area contributed by atoms with Crippen LogP contribution >= 0.6 is 11.6 Å². The lowest BCUT2D eigenvalue weighted by atomic mass is 10.3. The predicted molar refractivity (Wildman–Crippen MR) is 71.0 cm³/mol. The molecule has 1 aromatic heterocycles. The molecule has 0 aliphatic rings. The van der Waals surface area contributed by atoms with E-state index >= 15 is 0 Å². The van der Waals surface area contributed by atoms with Gasteiger partial charge in [-0.05, 0) is 24.3 Å². The largest absolute Gasteiger partial charge is 0.372 e. The molecule has 1 amide bonds. The summed E-state index contributed by atoms with van der Waals surface area (Å²) in [7, 11) is 1.71. The van der Waals surface area contributed by atoms with Gasteiger partial charge in [0.05, 0.1) is 12.4 Å². The van der Waals surface area contributed by atoms with Crippen LogP contribution in [-0.2, 0) is 0 Å². The summed E-state index contributed by atoms with van der Waals surface area (Å²) in [4.78, 5) is 19.9. The minimum atomic E-state index is -0.318. The minimum Gasteiger partial charge on any atom is -0.372 e. The Kier molecular flexibility index (Phi) is 3.74. The monoisotopic (exact) mass is 262 g/mol. The maximum atomic E-state index is 11.9. The number of rotatable bonds is 3. The van der Waals surface area contributed by atoms with Crippen LogP contribution in [0.25, 0.3) is 0 Å². The molecule has 0 saturated heterocycles. The summed E-state index contributed by atoms with van der Waals surface area (Å²) in [6, 6.07) is 6.84. The first-order valence-electron chi connectivity index (χ1n) is 5.26. The van der Waals surface area contributed by atoms with Crippen LogP contribution in [0.1, 0.15) is 10.5 Å². The Morgan fingerprint density at radius 2 is 1.94 bits per heavy atom. The van der Waals surface area contributed by atoms with Crippen molar-refractivity contribution in [2.75, 3.05) is 17.7 Å². The molecule has 0 atom stereocenters. The van der Waals surface area contributed by atoms with Gasteiger partial charge in [-0.25, -0.2) is 4.98 Å². The van der Waals surface area contributed by atoms with E-state index in [0.717, 1.165) is 0 Å². The van der Waals surface area contributed by atoms with Crippen molar-refractivity contribution in [2.24, 2.45) is 0 Å². The van der Waals surface area contributed by atoms with Gasteiger partial charge < -0.3 is 10.6 Å². The highest BCUT2D eigenvalue weighted by Gasteiger charge is 2.08. The number of aromatic nitrogens is 2. The van der Waals surface area contributed by atoms with Gasteiger partial charge in [0.1, 0.15) is 11.5 Å². The van der Waals surface area contributed by atoms with Crippen LogP contribution in [0, 0.1) is 0 Å². The topological polar surface area (TPSA) is 66.9 Å². The van der Waals surface area contributed by atoms with Crippen LogP contribution in [0.5, 0.6) is 0 Å². The first kappa shape index (κ1) is 12.3. The van der Waals surface area contributed by atoms with Crippen molar-refractivity contribution >= 4 is 29.0 Å². The summed E-state index contributed by atoms with van der Waals surface area (Å²) < 4.78 is 0. The fourth-order valence-electron chi connectivity index (χ4n) is 1.32. The summed E-state index contributed by atoms with van der Waals surface area (Å²) in [6.45, 7) is 0. The Labute approximate surface area is 109 Å². The van der Waals surface area contributed by atoms with Gasteiger partial charge in [0.25, 0.3) is 5.91 Å². The van der Waals surface area contributed by atoms with E-state index in [1.165, 1.54) is 6.20 Å². The molecular weight excluding hydrogens is 252 g/mol. The number of nitrogens with zero attached hydrogens (tertiary/aromatic N) is 2. The molecule has 0 spiro atoms. The van der Waals surface area contributed by atoms with E-state index in [1.54, 1.807) is 37.5 Å². The molecule has 6 heteroatoms. The van der Waals surface area contributed by atoms with Crippen LogP contribution in [0.15, 0.2) is 36.7 Å². The van der Waals surface area contributed by atoms with Crippen molar-refractivity contribution in [3.8, 4) is 0 Å². The van der Waals surface area contributed by atoms with Gasteiger partial charge in [0.2, 0.25) is 0 Å². The maximum absolute atomic E-state index is 11.9. The van der Waals surface area contributed by atoms with E-state index in [2.05, 4.69) is 20.6 Å². The SMILES string of the molecule is CNc1cncc(C(=O)Nc2ccc(Cl)cc2)n1. The highest BCUT2D eigenvalue weighted by atomic mass is 35.5. The molecule has 5 nitrogen and oxygen atoms in total. The summed E-state index contributed by atoms with van der Waals surface area (Å²) in [5, 5.41) is 6.15. The van der Waals surface area contributed by atoms with E-state index in [4.69, 9.17) is 11.6 Å². The standard InChI is InChI=1S/C12H11ClN4O/c1-14-11-7-15-6-10(17-11)12(18)16-9-4-2-8(13)3-5-9/h2-7H,1H3,(H,14,17)(H,16,18). The molecule has 0 aliphatic heterocycles. The van der Waals surface area contributed by atoms with E-state index in [9.17, 15) is 4.79 Å². The Bertz CT molecular complexity index is 556. The van der Waals surface area contributed by atoms with E-state index < -0.39 is 0 Å². The lowest BCUT2D eigenvalue weighted by Crippen LogP contribution is -2.14. The third-order valence-electron chi connectivity index (χ3n) is 2.23. The molecule has 1 aromatic carbocycles. The fraction of sp³-hybridized carbons (Fsp3) is 0.0833. The second kappa shape index (κ2) is 5.46. The third kappa shape index (κ3) is 2.95. The third-order valence-corrected chi connectivity index (χ3v) is 2.48. The van der Waals surface area contributed by atoms with E-state index in [-0.39, 0.29) is 11.6 Å². The van der Waals surface area contributed by atoms with E-state index in [1.807, 2.05) is 0 Å². The molecule has 0 saturated carbocycles. The van der Waals surface area contributed by atoms with Gasteiger partial charge in [-0.1, -0.05) is 11.6 Å². The van der Waals surface area contributed by atoms with Crippen molar-refractivity contribution in [3.05, 3.63) is 47.4 Å². The number of hydrogen-bond acceptors (Lipinski definition) is 4. The molecule has 1 heterocycles. The number of carbonyl (C=O) groups is 1. The highest BCUT2D eigenvalue weighted by molar-refractivity contribution is 6.30. The number of amides is 1. The second-order valence-corrected chi connectivity index (χ2v) is 3.94. The van der Waals surface area contributed by atoms with Crippen LogP contribution < -0.4 is 10.6 Å². The van der Waals surface area contributed by atoms with Gasteiger partial charge in [-0.2, -0.15) is 0 Å². The molecular formula is C12H11ClN4O. The molecule has 0 unspecified atom stereocenters. The summed E-state index contributed by atoms with van der Waals surface area (Å²) in [5.74, 6) is 0.223.